The van der Waals surface area contributed by atoms with E-state index in [9.17, 15) is 9.59 Å². The maximum atomic E-state index is 12.9. The van der Waals surface area contributed by atoms with Gasteiger partial charge in [-0.05, 0) is 30.4 Å². The van der Waals surface area contributed by atoms with Crippen molar-refractivity contribution >= 4 is 17.5 Å². The Morgan fingerprint density at radius 3 is 2.54 bits per heavy atom. The van der Waals surface area contributed by atoms with Gasteiger partial charge in [0.2, 0.25) is 11.8 Å². The summed E-state index contributed by atoms with van der Waals surface area (Å²) in [6, 6.07) is 7.45. The van der Waals surface area contributed by atoms with Gasteiger partial charge in [-0.25, -0.2) is 0 Å². The Hall–Kier alpha value is -2.04. The molecule has 5 heteroatoms. The summed E-state index contributed by atoms with van der Waals surface area (Å²) in [7, 11) is 1.61. The van der Waals surface area contributed by atoms with E-state index in [-0.39, 0.29) is 17.7 Å². The minimum Gasteiger partial charge on any atom is -0.497 e. The molecule has 0 aliphatic carbocycles. The second-order valence-corrected chi connectivity index (χ2v) is 7.30. The molecule has 0 unspecified atom stereocenters. The van der Waals surface area contributed by atoms with Crippen LogP contribution in [-0.4, -0.2) is 43.5 Å². The van der Waals surface area contributed by atoms with Crippen molar-refractivity contribution in [3.8, 4) is 5.75 Å². The van der Waals surface area contributed by atoms with E-state index in [4.69, 9.17) is 4.74 Å². The van der Waals surface area contributed by atoms with Gasteiger partial charge in [-0.2, -0.15) is 0 Å². The molecule has 130 valence electrons. The molecule has 3 atom stereocenters. The molecule has 2 aliphatic heterocycles. The van der Waals surface area contributed by atoms with Crippen molar-refractivity contribution in [3.05, 3.63) is 24.3 Å². The molecule has 3 rings (SSSR count). The Kier molecular flexibility index (Phi) is 4.78. The lowest BCUT2D eigenvalue weighted by molar-refractivity contribution is -0.138. The van der Waals surface area contributed by atoms with Crippen LogP contribution in [0.5, 0.6) is 5.75 Å². The molecule has 2 saturated heterocycles. The summed E-state index contributed by atoms with van der Waals surface area (Å²) in [5.74, 6) is 1.69. The number of carbonyl (C=O) groups is 2. The summed E-state index contributed by atoms with van der Waals surface area (Å²) in [6.45, 7) is 6.47. The van der Waals surface area contributed by atoms with Crippen molar-refractivity contribution in [1.29, 1.82) is 0 Å². The maximum Gasteiger partial charge on any atom is 0.228 e. The summed E-state index contributed by atoms with van der Waals surface area (Å²) >= 11 is 0. The highest BCUT2D eigenvalue weighted by molar-refractivity contribution is 6.00. The zero-order valence-electron chi connectivity index (χ0n) is 14.7. The van der Waals surface area contributed by atoms with E-state index in [0.717, 1.165) is 18.8 Å². The van der Waals surface area contributed by atoms with E-state index in [1.807, 2.05) is 29.2 Å². The standard InChI is InChI=1S/C19H26N2O3/c1-13-7-14(2)11-20(10-13)19(23)15-8-18(22)21(12-15)16-5-4-6-17(9-16)24-3/h4-6,9,13-15H,7-8,10-12H2,1-3H3/t13-,14+,15-/m1/s1. The molecule has 2 heterocycles. The van der Waals surface area contributed by atoms with Gasteiger partial charge in [-0.15, -0.1) is 0 Å². The van der Waals surface area contributed by atoms with Gasteiger partial charge >= 0.3 is 0 Å². The second kappa shape index (κ2) is 6.83. The summed E-state index contributed by atoms with van der Waals surface area (Å²) in [6.07, 6.45) is 1.47. The van der Waals surface area contributed by atoms with Gasteiger partial charge < -0.3 is 14.5 Å². The number of ether oxygens (including phenoxy) is 1. The Morgan fingerprint density at radius 2 is 1.88 bits per heavy atom. The lowest BCUT2D eigenvalue weighted by Crippen LogP contribution is -2.45. The molecule has 0 saturated carbocycles. The summed E-state index contributed by atoms with van der Waals surface area (Å²) in [5, 5.41) is 0. The number of nitrogens with zero attached hydrogens (tertiary/aromatic N) is 2. The molecule has 2 aliphatic rings. The topological polar surface area (TPSA) is 49.9 Å². The highest BCUT2D eigenvalue weighted by atomic mass is 16.5. The number of hydrogen-bond acceptors (Lipinski definition) is 3. The van der Waals surface area contributed by atoms with E-state index in [1.54, 1.807) is 12.0 Å². The lowest BCUT2D eigenvalue weighted by Gasteiger charge is -2.36. The van der Waals surface area contributed by atoms with Crippen molar-refractivity contribution in [2.45, 2.75) is 26.7 Å². The van der Waals surface area contributed by atoms with Crippen LogP contribution in [0.1, 0.15) is 26.7 Å². The minimum absolute atomic E-state index is 0.0136. The lowest BCUT2D eigenvalue weighted by atomic mass is 9.91. The molecule has 0 aromatic heterocycles. The van der Waals surface area contributed by atoms with Gasteiger partial charge in [-0.3, -0.25) is 9.59 Å². The van der Waals surface area contributed by atoms with Crippen molar-refractivity contribution < 1.29 is 14.3 Å². The van der Waals surface area contributed by atoms with Gasteiger partial charge in [0.05, 0.1) is 13.0 Å². The third kappa shape index (κ3) is 3.40. The largest absolute Gasteiger partial charge is 0.497 e. The summed E-state index contributed by atoms with van der Waals surface area (Å²) in [5.41, 5.74) is 0.801. The van der Waals surface area contributed by atoms with E-state index in [0.29, 0.717) is 30.6 Å². The first-order chi connectivity index (χ1) is 11.5. The van der Waals surface area contributed by atoms with Crippen LogP contribution in [0.4, 0.5) is 5.69 Å². The van der Waals surface area contributed by atoms with Crippen molar-refractivity contribution in [2.75, 3.05) is 31.6 Å². The third-order valence-electron chi connectivity index (χ3n) is 5.02. The Bertz CT molecular complexity index is 621. The van der Waals surface area contributed by atoms with E-state index in [1.165, 1.54) is 6.42 Å². The smallest absolute Gasteiger partial charge is 0.228 e. The van der Waals surface area contributed by atoms with Gasteiger partial charge in [0, 0.05) is 37.8 Å². The predicted molar refractivity (Wildman–Crippen MR) is 93.0 cm³/mol. The van der Waals surface area contributed by atoms with E-state index in [2.05, 4.69) is 13.8 Å². The monoisotopic (exact) mass is 330 g/mol. The first kappa shape index (κ1) is 16.8. The van der Waals surface area contributed by atoms with E-state index >= 15 is 0 Å². The average Bonchev–Trinajstić information content (AvgIpc) is 2.95. The molecule has 5 nitrogen and oxygen atoms in total. The summed E-state index contributed by atoms with van der Waals surface area (Å²) in [4.78, 5) is 28.9. The van der Waals surface area contributed by atoms with Crippen LogP contribution in [0, 0.1) is 17.8 Å². The fourth-order valence-corrected chi connectivity index (χ4v) is 4.00. The second-order valence-electron chi connectivity index (χ2n) is 7.30. The van der Waals surface area contributed by atoms with Crippen molar-refractivity contribution in [2.24, 2.45) is 17.8 Å². The SMILES string of the molecule is COc1cccc(N2C[C@H](C(=O)N3C[C@H](C)C[C@H](C)C3)CC2=O)c1. The van der Waals surface area contributed by atoms with Crippen LogP contribution in [-0.2, 0) is 9.59 Å². The molecular weight excluding hydrogens is 304 g/mol. The molecule has 24 heavy (non-hydrogen) atoms. The number of likely N-dealkylation sites (tertiary alicyclic amines) is 1. The van der Waals surface area contributed by atoms with Gasteiger partial charge in [-0.1, -0.05) is 19.9 Å². The molecule has 0 spiro atoms. The number of hydrogen-bond donors (Lipinski definition) is 0. The summed E-state index contributed by atoms with van der Waals surface area (Å²) < 4.78 is 5.23. The van der Waals surface area contributed by atoms with Gasteiger partial charge in [0.1, 0.15) is 5.75 Å². The van der Waals surface area contributed by atoms with Crippen molar-refractivity contribution in [1.82, 2.24) is 4.90 Å². The van der Waals surface area contributed by atoms with Crippen LogP contribution < -0.4 is 9.64 Å². The predicted octanol–water partition coefficient (Wildman–Crippen LogP) is 2.55. The fraction of sp³-hybridized carbons (Fsp3) is 0.579. The van der Waals surface area contributed by atoms with Crippen molar-refractivity contribution in [3.63, 3.8) is 0 Å². The van der Waals surface area contributed by atoms with Gasteiger partial charge in [0.25, 0.3) is 0 Å². The Labute approximate surface area is 143 Å². The Balaban J connectivity index is 1.71. The normalized spacial score (nSPS) is 27.5. The van der Waals surface area contributed by atoms with Crippen LogP contribution in [0.2, 0.25) is 0 Å². The number of rotatable bonds is 3. The first-order valence-electron chi connectivity index (χ1n) is 8.71. The van der Waals surface area contributed by atoms with Crippen LogP contribution in [0.25, 0.3) is 0 Å². The maximum absolute atomic E-state index is 12.9. The number of benzene rings is 1. The molecule has 0 bridgehead atoms. The molecule has 0 N–H and O–H groups in total. The average molecular weight is 330 g/mol. The number of amides is 2. The number of piperidine rings is 1. The van der Waals surface area contributed by atoms with E-state index < -0.39 is 0 Å². The quantitative estimate of drug-likeness (QED) is 0.856. The first-order valence-corrected chi connectivity index (χ1v) is 8.71. The molecule has 1 aromatic rings. The molecule has 2 fully saturated rings. The van der Waals surface area contributed by atoms with Gasteiger partial charge in [0.15, 0.2) is 0 Å². The molecular formula is C19H26N2O3. The number of anilines is 1. The minimum atomic E-state index is -0.235. The van der Waals surface area contributed by atoms with Crippen LogP contribution in [0.15, 0.2) is 24.3 Å². The Morgan fingerprint density at radius 1 is 1.17 bits per heavy atom. The highest BCUT2D eigenvalue weighted by Crippen LogP contribution is 2.30. The molecule has 1 aromatic carbocycles. The zero-order valence-corrected chi connectivity index (χ0v) is 14.7. The molecule has 0 radical (unpaired) electrons. The van der Waals surface area contributed by atoms with Crippen LogP contribution >= 0.6 is 0 Å². The zero-order chi connectivity index (χ0) is 17.3. The van der Waals surface area contributed by atoms with Crippen LogP contribution in [0.3, 0.4) is 0 Å². The number of carbonyl (C=O) groups excluding carboxylic acids is 2. The fourth-order valence-electron chi connectivity index (χ4n) is 4.00. The molecule has 2 amide bonds. The number of methoxy groups -OCH3 is 1. The third-order valence-corrected chi connectivity index (χ3v) is 5.02. The highest BCUT2D eigenvalue weighted by Gasteiger charge is 2.38.